The van der Waals surface area contributed by atoms with Crippen molar-refractivity contribution in [3.05, 3.63) is 52.6 Å². The molecule has 2 unspecified atom stereocenters. The molecular weight excluding hydrogens is 446 g/mol. The van der Waals surface area contributed by atoms with Gasteiger partial charge >= 0.3 is 0 Å². The highest BCUT2D eigenvalue weighted by Crippen LogP contribution is 2.34. The first-order valence-electron chi connectivity index (χ1n) is 10.1. The first-order chi connectivity index (χ1) is 14.4. The summed E-state index contributed by atoms with van der Waals surface area (Å²) in [5, 5.41) is 5.44. The first-order valence-corrected chi connectivity index (χ1v) is 10.9. The van der Waals surface area contributed by atoms with Gasteiger partial charge in [-0.1, -0.05) is 28.1 Å². The zero-order chi connectivity index (χ0) is 21.4. The van der Waals surface area contributed by atoms with Crippen molar-refractivity contribution >= 4 is 32.7 Å². The summed E-state index contributed by atoms with van der Waals surface area (Å²) in [6.07, 6.45) is 2.35. The molecule has 1 aliphatic rings. The van der Waals surface area contributed by atoms with Crippen molar-refractivity contribution in [2.45, 2.75) is 32.4 Å². The number of likely N-dealkylation sites (tertiary alicyclic amines) is 1. The van der Waals surface area contributed by atoms with Crippen LogP contribution in [0.4, 0.5) is 0 Å². The van der Waals surface area contributed by atoms with Gasteiger partial charge in [0.15, 0.2) is 0 Å². The normalized spacial score (nSPS) is 18.6. The number of ether oxygens (including phenoxy) is 2. The smallest absolute Gasteiger partial charge is 0.223 e. The van der Waals surface area contributed by atoms with Gasteiger partial charge in [0.2, 0.25) is 5.91 Å². The zero-order valence-corrected chi connectivity index (χ0v) is 19.2. The Morgan fingerprint density at radius 1 is 1.20 bits per heavy atom. The molecule has 30 heavy (non-hydrogen) atoms. The highest BCUT2D eigenvalue weighted by atomic mass is 79.9. The average molecular weight is 472 g/mol. The number of fused-ring (bicyclic) bond motifs is 1. The maximum atomic E-state index is 12.8. The van der Waals surface area contributed by atoms with Crippen molar-refractivity contribution in [2.75, 3.05) is 13.7 Å². The van der Waals surface area contributed by atoms with Crippen LogP contribution in [0.2, 0.25) is 0 Å². The van der Waals surface area contributed by atoms with Crippen LogP contribution in [-0.2, 0) is 11.8 Å². The number of carbonyl (C=O) groups is 1. The van der Waals surface area contributed by atoms with Crippen molar-refractivity contribution < 1.29 is 14.3 Å². The van der Waals surface area contributed by atoms with Crippen LogP contribution in [0.5, 0.6) is 11.5 Å². The number of carbonyl (C=O) groups excluding carboxylic acids is 1. The number of hydrogen-bond donors (Lipinski definition) is 0. The lowest BCUT2D eigenvalue weighted by atomic mass is 10.0. The molecule has 1 saturated heterocycles. The summed E-state index contributed by atoms with van der Waals surface area (Å²) in [7, 11) is 3.55. The number of hydrogen-bond acceptors (Lipinski definition) is 4. The van der Waals surface area contributed by atoms with Gasteiger partial charge in [0.1, 0.15) is 17.6 Å². The summed E-state index contributed by atoms with van der Waals surface area (Å²) in [6.45, 7) is 4.79. The van der Waals surface area contributed by atoms with Gasteiger partial charge in [-0.3, -0.25) is 9.48 Å². The monoisotopic (exact) mass is 471 g/mol. The van der Waals surface area contributed by atoms with Crippen LogP contribution in [0.15, 0.2) is 47.1 Å². The molecule has 0 N–H and O–H groups in total. The fraction of sp³-hybridized carbons (Fsp3) is 0.391. The Hall–Kier alpha value is -2.54. The third-order valence-corrected chi connectivity index (χ3v) is 6.36. The highest BCUT2D eigenvalue weighted by Gasteiger charge is 2.37. The second kappa shape index (κ2) is 8.30. The van der Waals surface area contributed by atoms with E-state index >= 15 is 0 Å². The van der Waals surface area contributed by atoms with E-state index in [1.54, 1.807) is 11.8 Å². The van der Waals surface area contributed by atoms with E-state index in [-0.39, 0.29) is 24.0 Å². The molecule has 4 rings (SSSR count). The van der Waals surface area contributed by atoms with E-state index in [2.05, 4.69) is 28.0 Å². The Kier molecular flexibility index (Phi) is 5.73. The molecule has 0 radical (unpaired) electrons. The van der Waals surface area contributed by atoms with Gasteiger partial charge in [-0.05, 0) is 43.7 Å². The van der Waals surface area contributed by atoms with Crippen LogP contribution in [0.1, 0.15) is 31.9 Å². The number of rotatable bonds is 6. The molecule has 158 valence electrons. The number of benzene rings is 2. The van der Waals surface area contributed by atoms with Crippen molar-refractivity contribution in [2.24, 2.45) is 13.0 Å². The molecular formula is C23H26BrN3O3. The largest absolute Gasteiger partial charge is 0.497 e. The molecule has 7 heteroatoms. The Balaban J connectivity index is 1.48. The minimum atomic E-state index is -0.0975. The molecule has 3 atom stereocenters. The second-order valence-corrected chi connectivity index (χ2v) is 8.84. The quantitative estimate of drug-likeness (QED) is 0.521. The minimum Gasteiger partial charge on any atom is -0.497 e. The molecule has 1 fully saturated rings. The maximum Gasteiger partial charge on any atom is 0.223 e. The molecule has 1 amide bonds. The SMILES string of the molecule is COc1ccc(C(C)N2C[C@H](C(C)Oc3cc(Br)cc4nn(C)cc34)CC2=O)cc1. The lowest BCUT2D eigenvalue weighted by molar-refractivity contribution is -0.129. The van der Waals surface area contributed by atoms with Crippen LogP contribution in [0.25, 0.3) is 10.9 Å². The molecule has 6 nitrogen and oxygen atoms in total. The molecule has 1 aromatic heterocycles. The van der Waals surface area contributed by atoms with Crippen molar-refractivity contribution in [1.82, 2.24) is 14.7 Å². The van der Waals surface area contributed by atoms with Gasteiger partial charge in [0, 0.05) is 36.6 Å². The molecule has 0 aliphatic carbocycles. The lowest BCUT2D eigenvalue weighted by Gasteiger charge is -2.27. The maximum absolute atomic E-state index is 12.8. The summed E-state index contributed by atoms with van der Waals surface area (Å²) >= 11 is 3.54. The van der Waals surface area contributed by atoms with Gasteiger partial charge in [-0.2, -0.15) is 5.10 Å². The summed E-state index contributed by atoms with van der Waals surface area (Å²) in [5.41, 5.74) is 1.98. The predicted octanol–water partition coefficient (Wildman–Crippen LogP) is 4.72. The molecule has 0 spiro atoms. The van der Waals surface area contributed by atoms with Crippen LogP contribution in [-0.4, -0.2) is 40.3 Å². The Labute approximate surface area is 184 Å². The fourth-order valence-electron chi connectivity index (χ4n) is 4.08. The molecule has 0 saturated carbocycles. The number of aryl methyl sites for hydroxylation is 1. The van der Waals surface area contributed by atoms with E-state index in [0.29, 0.717) is 13.0 Å². The Morgan fingerprint density at radius 3 is 2.63 bits per heavy atom. The third-order valence-electron chi connectivity index (χ3n) is 5.90. The van der Waals surface area contributed by atoms with Crippen LogP contribution in [0.3, 0.4) is 0 Å². The third kappa shape index (κ3) is 4.03. The molecule has 2 aromatic carbocycles. The Bertz CT molecular complexity index is 1060. The Morgan fingerprint density at radius 2 is 1.93 bits per heavy atom. The number of halogens is 1. The van der Waals surface area contributed by atoms with E-state index in [0.717, 1.165) is 32.4 Å². The summed E-state index contributed by atoms with van der Waals surface area (Å²) in [5.74, 6) is 1.90. The summed E-state index contributed by atoms with van der Waals surface area (Å²) < 4.78 is 14.3. The van der Waals surface area contributed by atoms with Gasteiger partial charge in [-0.15, -0.1) is 0 Å². The van der Waals surface area contributed by atoms with E-state index in [4.69, 9.17) is 9.47 Å². The highest BCUT2D eigenvalue weighted by molar-refractivity contribution is 9.10. The average Bonchev–Trinajstić information content (AvgIpc) is 3.29. The fourth-order valence-corrected chi connectivity index (χ4v) is 4.51. The van der Waals surface area contributed by atoms with Crippen molar-refractivity contribution in [3.8, 4) is 11.5 Å². The van der Waals surface area contributed by atoms with E-state index in [1.165, 1.54) is 0 Å². The zero-order valence-electron chi connectivity index (χ0n) is 17.6. The van der Waals surface area contributed by atoms with Crippen LogP contribution in [0, 0.1) is 5.92 Å². The molecule has 1 aliphatic heterocycles. The number of nitrogens with zero attached hydrogens (tertiary/aromatic N) is 3. The minimum absolute atomic E-state index is 0.0107. The standard InChI is InChI=1S/C23H26BrN3O3/c1-14(16-5-7-19(29-4)8-6-16)27-12-17(9-23(27)28)15(2)30-22-11-18(24)10-21-20(22)13-26(3)25-21/h5-8,10-11,13-15,17H,9,12H2,1-4H3/t14?,15?,17-/m1/s1. The molecule has 3 aromatic rings. The van der Waals surface area contributed by atoms with Gasteiger partial charge in [0.05, 0.1) is 24.1 Å². The van der Waals surface area contributed by atoms with Gasteiger partial charge in [-0.25, -0.2) is 0 Å². The van der Waals surface area contributed by atoms with Crippen molar-refractivity contribution in [1.29, 1.82) is 0 Å². The van der Waals surface area contributed by atoms with Crippen LogP contribution >= 0.6 is 15.9 Å². The van der Waals surface area contributed by atoms with E-state index < -0.39 is 0 Å². The predicted molar refractivity (Wildman–Crippen MR) is 120 cm³/mol. The number of methoxy groups -OCH3 is 1. The van der Waals surface area contributed by atoms with Gasteiger partial charge < -0.3 is 14.4 Å². The van der Waals surface area contributed by atoms with Crippen LogP contribution < -0.4 is 9.47 Å². The van der Waals surface area contributed by atoms with E-state index in [1.807, 2.05) is 61.5 Å². The first kappa shape index (κ1) is 20.7. The lowest BCUT2D eigenvalue weighted by Crippen LogP contribution is -2.31. The van der Waals surface area contributed by atoms with Gasteiger partial charge in [0.25, 0.3) is 0 Å². The molecule has 0 bridgehead atoms. The summed E-state index contributed by atoms with van der Waals surface area (Å²) in [4.78, 5) is 14.7. The summed E-state index contributed by atoms with van der Waals surface area (Å²) in [6, 6.07) is 11.9. The number of amides is 1. The molecule has 2 heterocycles. The topological polar surface area (TPSA) is 56.6 Å². The van der Waals surface area contributed by atoms with Crippen molar-refractivity contribution in [3.63, 3.8) is 0 Å². The number of aromatic nitrogens is 2. The second-order valence-electron chi connectivity index (χ2n) is 7.92. The van der Waals surface area contributed by atoms with E-state index in [9.17, 15) is 4.79 Å².